The minimum absolute atomic E-state index is 0.129. The number of nitrogens with zero attached hydrogens (tertiary/aromatic N) is 1. The molecular weight excluding hydrogens is 150 g/mol. The fourth-order valence-electron chi connectivity index (χ4n) is 1.45. The van der Waals surface area contributed by atoms with Gasteiger partial charge in [0.1, 0.15) is 0 Å². The lowest BCUT2D eigenvalue weighted by atomic mass is 10.0. The summed E-state index contributed by atoms with van der Waals surface area (Å²) in [7, 11) is 0. The number of hydrogen-bond donors (Lipinski definition) is 1. The van der Waals surface area contributed by atoms with Crippen LogP contribution in [0, 0.1) is 0 Å². The second-order valence-electron chi connectivity index (χ2n) is 2.98. The Bertz CT molecular complexity index is 318. The molecule has 12 heavy (non-hydrogen) atoms. The Labute approximate surface area is 71.6 Å². The van der Waals surface area contributed by atoms with Crippen LogP contribution in [0.5, 0.6) is 0 Å². The number of aliphatic imine (C=N–C) groups is 1. The third kappa shape index (κ3) is 1.25. The third-order valence-electron chi connectivity index (χ3n) is 2.13. The topological polar surface area (TPSA) is 32.6 Å². The maximum Gasteiger partial charge on any atom is 0.0681 e. The Morgan fingerprint density at radius 1 is 1.42 bits per heavy atom. The summed E-state index contributed by atoms with van der Waals surface area (Å²) in [6.07, 6.45) is 2.90. The molecule has 0 aromatic heterocycles. The highest BCUT2D eigenvalue weighted by molar-refractivity contribution is 5.82. The summed E-state index contributed by atoms with van der Waals surface area (Å²) in [6.45, 7) is 1.01. The third-order valence-corrected chi connectivity index (χ3v) is 2.13. The minimum Gasteiger partial charge on any atom is -0.392 e. The molecule has 2 nitrogen and oxygen atoms in total. The van der Waals surface area contributed by atoms with E-state index < -0.39 is 0 Å². The van der Waals surface area contributed by atoms with Crippen molar-refractivity contribution < 1.29 is 5.11 Å². The van der Waals surface area contributed by atoms with E-state index in [1.165, 1.54) is 11.1 Å². The second kappa shape index (κ2) is 3.07. The molecule has 1 aromatic rings. The molecule has 0 atom stereocenters. The van der Waals surface area contributed by atoms with E-state index in [0.717, 1.165) is 18.5 Å². The zero-order valence-electron chi connectivity index (χ0n) is 6.83. The molecule has 0 saturated carbocycles. The fourth-order valence-corrected chi connectivity index (χ4v) is 1.45. The highest BCUT2D eigenvalue weighted by Crippen LogP contribution is 2.14. The van der Waals surface area contributed by atoms with Gasteiger partial charge in [-0.3, -0.25) is 4.99 Å². The van der Waals surface area contributed by atoms with E-state index in [9.17, 15) is 0 Å². The van der Waals surface area contributed by atoms with Gasteiger partial charge in [-0.2, -0.15) is 0 Å². The van der Waals surface area contributed by atoms with Gasteiger partial charge in [0.25, 0.3) is 0 Å². The van der Waals surface area contributed by atoms with E-state index >= 15 is 0 Å². The molecule has 1 N–H and O–H groups in total. The molecule has 0 unspecified atom stereocenters. The van der Waals surface area contributed by atoms with Crippen molar-refractivity contribution in [2.75, 3.05) is 6.54 Å². The number of rotatable bonds is 1. The molecule has 1 aliphatic heterocycles. The second-order valence-corrected chi connectivity index (χ2v) is 2.98. The highest BCUT2D eigenvalue weighted by Gasteiger charge is 2.04. The van der Waals surface area contributed by atoms with Crippen molar-refractivity contribution in [2.45, 2.75) is 13.0 Å². The van der Waals surface area contributed by atoms with Gasteiger partial charge in [-0.25, -0.2) is 0 Å². The molecule has 1 heterocycles. The van der Waals surface area contributed by atoms with Gasteiger partial charge in [0, 0.05) is 12.8 Å². The molecule has 0 bridgehead atoms. The number of benzene rings is 1. The van der Waals surface area contributed by atoms with E-state index in [4.69, 9.17) is 5.11 Å². The molecule has 0 amide bonds. The van der Waals surface area contributed by atoms with Crippen molar-refractivity contribution in [3.8, 4) is 0 Å². The van der Waals surface area contributed by atoms with Gasteiger partial charge in [0.05, 0.1) is 6.61 Å². The molecule has 2 heteroatoms. The molecule has 0 radical (unpaired) electrons. The van der Waals surface area contributed by atoms with Crippen molar-refractivity contribution in [1.82, 2.24) is 0 Å². The van der Waals surface area contributed by atoms with Gasteiger partial charge in [0.15, 0.2) is 0 Å². The van der Waals surface area contributed by atoms with Gasteiger partial charge in [-0.05, 0) is 23.1 Å². The maximum absolute atomic E-state index is 8.91. The Hall–Kier alpha value is -1.15. The van der Waals surface area contributed by atoms with Gasteiger partial charge >= 0.3 is 0 Å². The van der Waals surface area contributed by atoms with Crippen molar-refractivity contribution in [3.63, 3.8) is 0 Å². The first kappa shape index (κ1) is 7.50. The Morgan fingerprint density at radius 2 is 2.33 bits per heavy atom. The zero-order chi connectivity index (χ0) is 8.39. The molecule has 0 aliphatic carbocycles. The summed E-state index contributed by atoms with van der Waals surface area (Å²) in [6, 6.07) is 6.01. The summed E-state index contributed by atoms with van der Waals surface area (Å²) in [5.41, 5.74) is 3.49. The van der Waals surface area contributed by atoms with Crippen LogP contribution in [0.3, 0.4) is 0 Å². The molecule has 62 valence electrons. The summed E-state index contributed by atoms with van der Waals surface area (Å²) in [5, 5.41) is 8.91. The summed E-state index contributed by atoms with van der Waals surface area (Å²) in [4.78, 5) is 4.19. The summed E-state index contributed by atoms with van der Waals surface area (Å²) < 4.78 is 0. The average molecular weight is 161 g/mol. The van der Waals surface area contributed by atoms with E-state index in [0.29, 0.717) is 0 Å². The normalized spacial score (nSPS) is 14.4. The lowest BCUT2D eigenvalue weighted by Gasteiger charge is -2.10. The van der Waals surface area contributed by atoms with Gasteiger partial charge in [-0.15, -0.1) is 0 Å². The zero-order valence-corrected chi connectivity index (χ0v) is 6.83. The molecule has 1 aliphatic rings. The lowest BCUT2D eigenvalue weighted by Crippen LogP contribution is -2.03. The predicted molar refractivity (Wildman–Crippen MR) is 48.5 cm³/mol. The van der Waals surface area contributed by atoms with Crippen LogP contribution in [0.2, 0.25) is 0 Å². The van der Waals surface area contributed by atoms with Crippen LogP contribution in [0.25, 0.3) is 0 Å². The van der Waals surface area contributed by atoms with Gasteiger partial charge in [0.2, 0.25) is 0 Å². The van der Waals surface area contributed by atoms with E-state index in [-0.39, 0.29) is 6.61 Å². The first-order valence-corrected chi connectivity index (χ1v) is 4.12. The van der Waals surface area contributed by atoms with Crippen molar-refractivity contribution in [2.24, 2.45) is 4.99 Å². The van der Waals surface area contributed by atoms with Crippen molar-refractivity contribution in [3.05, 3.63) is 34.9 Å². The smallest absolute Gasteiger partial charge is 0.0681 e. The van der Waals surface area contributed by atoms with Gasteiger partial charge < -0.3 is 5.11 Å². The molecule has 1 aromatic carbocycles. The molecule has 2 rings (SSSR count). The predicted octanol–water partition coefficient (Wildman–Crippen LogP) is 1.15. The number of aliphatic hydroxyl groups is 1. The van der Waals surface area contributed by atoms with E-state index in [1.807, 2.05) is 18.3 Å². The van der Waals surface area contributed by atoms with Crippen molar-refractivity contribution >= 4 is 6.21 Å². The monoisotopic (exact) mass is 161 g/mol. The maximum atomic E-state index is 8.91. The van der Waals surface area contributed by atoms with Crippen LogP contribution < -0.4 is 0 Å². The first-order valence-electron chi connectivity index (χ1n) is 4.12. The van der Waals surface area contributed by atoms with Crippen LogP contribution in [0.4, 0.5) is 0 Å². The Kier molecular flexibility index (Phi) is 1.92. The largest absolute Gasteiger partial charge is 0.392 e. The van der Waals surface area contributed by atoms with Crippen LogP contribution in [-0.2, 0) is 13.0 Å². The lowest BCUT2D eigenvalue weighted by molar-refractivity contribution is 0.281. The quantitative estimate of drug-likeness (QED) is 0.658. The first-order chi connectivity index (χ1) is 5.90. The standard InChI is InChI=1S/C10H11NO/c12-7-8-1-2-10-6-11-4-3-9(10)5-8/h1-2,5-6,12H,3-4,7H2. The van der Waals surface area contributed by atoms with Crippen molar-refractivity contribution in [1.29, 1.82) is 0 Å². The summed E-state index contributed by atoms with van der Waals surface area (Å²) in [5.74, 6) is 0. The highest BCUT2D eigenvalue weighted by atomic mass is 16.3. The van der Waals surface area contributed by atoms with E-state index in [2.05, 4.69) is 11.1 Å². The molecule has 0 saturated heterocycles. The molecular formula is C10H11NO. The van der Waals surface area contributed by atoms with E-state index in [1.54, 1.807) is 0 Å². The SMILES string of the molecule is OCc1ccc2c(c1)CCN=C2. The molecule has 0 spiro atoms. The Balaban J connectivity index is 2.44. The molecule has 0 fully saturated rings. The number of aliphatic hydroxyl groups excluding tert-OH is 1. The van der Waals surface area contributed by atoms with Crippen LogP contribution in [-0.4, -0.2) is 17.9 Å². The number of fused-ring (bicyclic) bond motifs is 1. The van der Waals surface area contributed by atoms with Crippen LogP contribution in [0.1, 0.15) is 16.7 Å². The van der Waals surface area contributed by atoms with Gasteiger partial charge in [-0.1, -0.05) is 18.2 Å². The van der Waals surface area contributed by atoms with Crippen LogP contribution in [0.15, 0.2) is 23.2 Å². The summed E-state index contributed by atoms with van der Waals surface area (Å²) >= 11 is 0. The average Bonchev–Trinajstić information content (AvgIpc) is 2.17. The fraction of sp³-hybridized carbons (Fsp3) is 0.300. The van der Waals surface area contributed by atoms with Crippen LogP contribution >= 0.6 is 0 Å². The Morgan fingerprint density at radius 3 is 3.17 bits per heavy atom. The minimum atomic E-state index is 0.129. The number of hydrogen-bond acceptors (Lipinski definition) is 2.